The van der Waals surface area contributed by atoms with Gasteiger partial charge in [-0.15, -0.1) is 11.3 Å². The fraction of sp³-hybridized carbons (Fsp3) is 0. The van der Waals surface area contributed by atoms with Crippen molar-refractivity contribution < 1.29 is 4.79 Å². The highest BCUT2D eigenvalue weighted by Gasteiger charge is 2.11. The smallest absolute Gasteiger partial charge is 0.279 e. The van der Waals surface area contributed by atoms with Gasteiger partial charge in [-0.3, -0.25) is 10.1 Å². The molecule has 7 nitrogen and oxygen atoms in total. The molecule has 0 bridgehead atoms. The zero-order valence-corrected chi connectivity index (χ0v) is 11.0. The summed E-state index contributed by atoms with van der Waals surface area (Å²) in [5, 5.41) is 14.7. The number of aromatic nitrogens is 4. The van der Waals surface area contributed by atoms with Gasteiger partial charge in [0.25, 0.3) is 5.91 Å². The number of rotatable bonds is 3. The molecule has 0 aliphatic heterocycles. The summed E-state index contributed by atoms with van der Waals surface area (Å²) < 4.78 is 0. The summed E-state index contributed by atoms with van der Waals surface area (Å²) >= 11 is 1.34. The van der Waals surface area contributed by atoms with Crippen LogP contribution in [0.15, 0.2) is 35.8 Å². The average molecular weight is 286 g/mol. The van der Waals surface area contributed by atoms with Crippen LogP contribution < -0.4 is 11.1 Å². The molecular formula is C12H10N6OS. The number of amides is 1. The van der Waals surface area contributed by atoms with E-state index in [1.54, 1.807) is 0 Å². The summed E-state index contributed by atoms with van der Waals surface area (Å²) in [6, 6.07) is 7.38. The summed E-state index contributed by atoms with van der Waals surface area (Å²) in [4.78, 5) is 16.1. The molecule has 1 aromatic carbocycles. The van der Waals surface area contributed by atoms with E-state index in [0.29, 0.717) is 10.8 Å². The monoisotopic (exact) mass is 286 g/mol. The lowest BCUT2D eigenvalue weighted by atomic mass is 10.1. The number of nitrogens with two attached hydrogens (primary N) is 1. The van der Waals surface area contributed by atoms with E-state index in [4.69, 9.17) is 5.73 Å². The Hall–Kier alpha value is -2.74. The minimum Gasteiger partial charge on any atom is -0.399 e. The molecule has 2 heterocycles. The molecule has 4 N–H and O–H groups in total. The molecule has 0 fully saturated rings. The predicted octanol–water partition coefficient (Wildman–Crippen LogP) is 1.76. The Morgan fingerprint density at radius 1 is 1.30 bits per heavy atom. The van der Waals surface area contributed by atoms with Crippen molar-refractivity contribution in [3.8, 4) is 11.3 Å². The standard InChI is InChI=1S/C12H10N6OS/c13-8-3-1-7(2-4-8)10-6-20-12(15-10)16-11(19)9-5-14-18-17-9/h1-6H,13H2,(H,14,17,18)(H,15,16,19). The summed E-state index contributed by atoms with van der Waals surface area (Å²) in [5.41, 5.74) is 8.28. The highest BCUT2D eigenvalue weighted by atomic mass is 32.1. The van der Waals surface area contributed by atoms with Crippen LogP contribution in [0.5, 0.6) is 0 Å². The van der Waals surface area contributed by atoms with E-state index in [-0.39, 0.29) is 11.6 Å². The first kappa shape index (κ1) is 12.3. The Morgan fingerprint density at radius 2 is 2.10 bits per heavy atom. The number of carbonyl (C=O) groups is 1. The molecular weight excluding hydrogens is 276 g/mol. The Labute approximate surface area is 117 Å². The second-order valence-corrected chi connectivity index (χ2v) is 4.83. The van der Waals surface area contributed by atoms with E-state index in [9.17, 15) is 4.79 Å². The molecule has 0 aliphatic carbocycles. The first-order chi connectivity index (χ1) is 9.72. The normalized spacial score (nSPS) is 10.4. The molecule has 0 saturated carbocycles. The molecule has 100 valence electrons. The van der Waals surface area contributed by atoms with Crippen molar-refractivity contribution >= 4 is 28.1 Å². The van der Waals surface area contributed by atoms with Gasteiger partial charge in [-0.25, -0.2) is 4.98 Å². The zero-order chi connectivity index (χ0) is 13.9. The van der Waals surface area contributed by atoms with Crippen molar-refractivity contribution in [2.75, 3.05) is 11.1 Å². The van der Waals surface area contributed by atoms with E-state index in [0.717, 1.165) is 11.3 Å². The number of nitrogens with one attached hydrogen (secondary N) is 2. The van der Waals surface area contributed by atoms with Gasteiger partial charge in [0.2, 0.25) is 0 Å². The average Bonchev–Trinajstić information content (AvgIpc) is 3.10. The zero-order valence-electron chi connectivity index (χ0n) is 10.2. The van der Waals surface area contributed by atoms with Gasteiger partial charge in [0.1, 0.15) is 0 Å². The van der Waals surface area contributed by atoms with Crippen LogP contribution in [-0.2, 0) is 0 Å². The van der Waals surface area contributed by atoms with E-state index >= 15 is 0 Å². The maximum atomic E-state index is 11.8. The van der Waals surface area contributed by atoms with Gasteiger partial charge in [-0.1, -0.05) is 12.1 Å². The van der Waals surface area contributed by atoms with E-state index in [1.165, 1.54) is 17.5 Å². The van der Waals surface area contributed by atoms with Crippen LogP contribution in [0, 0.1) is 0 Å². The molecule has 1 amide bonds. The van der Waals surface area contributed by atoms with E-state index in [1.807, 2.05) is 29.6 Å². The van der Waals surface area contributed by atoms with Gasteiger partial charge in [0.15, 0.2) is 10.8 Å². The van der Waals surface area contributed by atoms with Crippen molar-refractivity contribution in [3.05, 3.63) is 41.5 Å². The molecule has 8 heteroatoms. The molecule has 0 aliphatic rings. The quantitative estimate of drug-likeness (QED) is 0.635. The third-order valence-electron chi connectivity index (χ3n) is 2.58. The highest BCUT2D eigenvalue weighted by molar-refractivity contribution is 7.14. The second kappa shape index (κ2) is 5.10. The third kappa shape index (κ3) is 2.50. The first-order valence-electron chi connectivity index (χ1n) is 5.71. The Bertz CT molecular complexity index is 719. The molecule has 3 rings (SSSR count). The first-order valence-corrected chi connectivity index (χ1v) is 6.59. The maximum Gasteiger partial charge on any atom is 0.279 e. The number of anilines is 2. The highest BCUT2D eigenvalue weighted by Crippen LogP contribution is 2.25. The number of hydrogen-bond donors (Lipinski definition) is 3. The van der Waals surface area contributed by atoms with Crippen LogP contribution in [0.2, 0.25) is 0 Å². The molecule has 0 radical (unpaired) electrons. The van der Waals surface area contributed by atoms with Crippen molar-refractivity contribution in [3.63, 3.8) is 0 Å². The number of hydrogen-bond acceptors (Lipinski definition) is 6. The molecule has 20 heavy (non-hydrogen) atoms. The minimum atomic E-state index is -0.350. The van der Waals surface area contributed by atoms with Crippen LogP contribution in [0.3, 0.4) is 0 Å². The van der Waals surface area contributed by atoms with Crippen molar-refractivity contribution in [1.29, 1.82) is 0 Å². The molecule has 0 saturated heterocycles. The van der Waals surface area contributed by atoms with Crippen LogP contribution in [-0.4, -0.2) is 26.3 Å². The Balaban J connectivity index is 1.77. The fourth-order valence-corrected chi connectivity index (χ4v) is 2.30. The van der Waals surface area contributed by atoms with E-state index in [2.05, 4.69) is 25.7 Å². The van der Waals surface area contributed by atoms with Gasteiger partial charge in [0, 0.05) is 16.6 Å². The van der Waals surface area contributed by atoms with Crippen LogP contribution in [0.4, 0.5) is 10.8 Å². The van der Waals surface area contributed by atoms with Gasteiger partial charge >= 0.3 is 0 Å². The van der Waals surface area contributed by atoms with Gasteiger partial charge < -0.3 is 5.73 Å². The van der Waals surface area contributed by atoms with Gasteiger partial charge in [0.05, 0.1) is 11.9 Å². The molecule has 0 unspecified atom stereocenters. The molecule has 2 aromatic heterocycles. The predicted molar refractivity (Wildman–Crippen MR) is 76.3 cm³/mol. The lowest BCUT2D eigenvalue weighted by Crippen LogP contribution is -2.12. The lowest BCUT2D eigenvalue weighted by molar-refractivity contribution is 0.102. The SMILES string of the molecule is Nc1ccc(-c2csc(NC(=O)c3cn[nH]n3)n2)cc1. The van der Waals surface area contributed by atoms with Crippen molar-refractivity contribution in [2.45, 2.75) is 0 Å². The van der Waals surface area contributed by atoms with Crippen LogP contribution in [0.1, 0.15) is 10.5 Å². The van der Waals surface area contributed by atoms with Crippen molar-refractivity contribution in [2.24, 2.45) is 0 Å². The number of nitrogen functional groups attached to an aromatic ring is 1. The Morgan fingerprint density at radius 3 is 2.80 bits per heavy atom. The number of aromatic amines is 1. The number of benzene rings is 1. The summed E-state index contributed by atoms with van der Waals surface area (Å²) in [6.45, 7) is 0. The topological polar surface area (TPSA) is 110 Å². The lowest BCUT2D eigenvalue weighted by Gasteiger charge is -1.98. The van der Waals surface area contributed by atoms with Crippen LogP contribution >= 0.6 is 11.3 Å². The molecule has 0 atom stereocenters. The van der Waals surface area contributed by atoms with Crippen molar-refractivity contribution in [1.82, 2.24) is 20.4 Å². The number of thiazole rings is 1. The minimum absolute atomic E-state index is 0.217. The summed E-state index contributed by atoms with van der Waals surface area (Å²) in [6.07, 6.45) is 1.35. The fourth-order valence-electron chi connectivity index (χ4n) is 1.59. The maximum absolute atomic E-state index is 11.8. The number of nitrogens with zero attached hydrogens (tertiary/aromatic N) is 3. The molecule has 3 aromatic rings. The van der Waals surface area contributed by atoms with E-state index < -0.39 is 0 Å². The number of carbonyl (C=O) groups excluding carboxylic acids is 1. The summed E-state index contributed by atoms with van der Waals surface area (Å²) in [7, 11) is 0. The van der Waals surface area contributed by atoms with Gasteiger partial charge in [-0.05, 0) is 12.1 Å². The Kier molecular flexibility index (Phi) is 3.13. The van der Waals surface area contributed by atoms with Crippen LogP contribution in [0.25, 0.3) is 11.3 Å². The second-order valence-electron chi connectivity index (χ2n) is 3.97. The largest absolute Gasteiger partial charge is 0.399 e. The molecule has 0 spiro atoms. The third-order valence-corrected chi connectivity index (χ3v) is 3.34. The van der Waals surface area contributed by atoms with Gasteiger partial charge in [-0.2, -0.15) is 15.4 Å². The summed E-state index contributed by atoms with van der Waals surface area (Å²) in [5.74, 6) is -0.350. The number of H-pyrrole nitrogens is 1.